The lowest BCUT2D eigenvalue weighted by molar-refractivity contribution is -0.123. The Labute approximate surface area is 104 Å². The van der Waals surface area contributed by atoms with Gasteiger partial charge in [0.1, 0.15) is 12.6 Å². The number of nitrogens with one attached hydrogen (secondary N) is 1. The lowest BCUT2D eigenvalue weighted by Crippen LogP contribution is -2.50. The van der Waals surface area contributed by atoms with E-state index in [1.807, 2.05) is 0 Å². The fourth-order valence-corrected chi connectivity index (χ4v) is 1.78. The summed E-state index contributed by atoms with van der Waals surface area (Å²) in [7, 11) is 1.47. The van der Waals surface area contributed by atoms with Crippen LogP contribution in [0.25, 0.3) is 0 Å². The number of nitrogens with zero attached hydrogens (tertiary/aromatic N) is 2. The van der Waals surface area contributed by atoms with Gasteiger partial charge in [0.2, 0.25) is 11.8 Å². The molecule has 2 rings (SSSR count). The molecule has 1 unspecified atom stereocenters. The number of fused-ring (bicyclic) bond motifs is 1. The first kappa shape index (κ1) is 12.5. The largest absolute Gasteiger partial charge is 0.383 e. The van der Waals surface area contributed by atoms with Gasteiger partial charge in [0.25, 0.3) is 0 Å². The maximum absolute atomic E-state index is 12.1. The van der Waals surface area contributed by atoms with E-state index in [-0.39, 0.29) is 25.0 Å². The number of nitrogens with two attached hydrogens (primary N) is 1. The van der Waals surface area contributed by atoms with Crippen molar-refractivity contribution >= 4 is 23.2 Å². The van der Waals surface area contributed by atoms with Gasteiger partial charge in [-0.1, -0.05) is 0 Å². The number of carbonyl (C=O) groups is 2. The van der Waals surface area contributed by atoms with Crippen LogP contribution in [0, 0.1) is 0 Å². The Morgan fingerprint density at radius 1 is 1.72 bits per heavy atom. The summed E-state index contributed by atoms with van der Waals surface area (Å²) in [6, 6.07) is 0.869. The van der Waals surface area contributed by atoms with Crippen molar-refractivity contribution in [3.05, 3.63) is 18.5 Å². The second kappa shape index (κ2) is 5.11. The molecule has 1 aromatic heterocycles. The van der Waals surface area contributed by atoms with Gasteiger partial charge in [0.15, 0.2) is 0 Å². The quantitative estimate of drug-likeness (QED) is 0.742. The fourth-order valence-electron chi connectivity index (χ4n) is 1.78. The van der Waals surface area contributed by atoms with E-state index in [2.05, 4.69) is 10.3 Å². The Hall–Kier alpha value is -1.99. The highest BCUT2D eigenvalue weighted by Gasteiger charge is 2.29. The van der Waals surface area contributed by atoms with Gasteiger partial charge >= 0.3 is 0 Å². The molecule has 7 nitrogen and oxygen atoms in total. The summed E-state index contributed by atoms with van der Waals surface area (Å²) in [6.07, 6.45) is 3.05. The zero-order valence-electron chi connectivity index (χ0n) is 9.92. The van der Waals surface area contributed by atoms with E-state index in [0.717, 1.165) is 0 Å². The van der Waals surface area contributed by atoms with Gasteiger partial charge in [-0.25, -0.2) is 0 Å². The second-order valence-electron chi connectivity index (χ2n) is 3.93. The summed E-state index contributed by atoms with van der Waals surface area (Å²) in [5, 5.41) is 2.65. The standard InChI is InChI=1S/C11H14N4O3/c1-18-6-7(12)11(17)15-5-10(16)14-8-4-13-3-2-9(8)15/h2-4,7H,5-6,12H2,1H3,(H,14,16). The highest BCUT2D eigenvalue weighted by molar-refractivity contribution is 6.10. The minimum Gasteiger partial charge on any atom is -0.383 e. The number of pyridine rings is 1. The van der Waals surface area contributed by atoms with E-state index >= 15 is 0 Å². The van der Waals surface area contributed by atoms with Crippen LogP contribution in [0.5, 0.6) is 0 Å². The van der Waals surface area contributed by atoms with Crippen LogP contribution in [0.1, 0.15) is 0 Å². The Morgan fingerprint density at radius 3 is 3.22 bits per heavy atom. The molecule has 0 saturated carbocycles. The molecule has 1 aromatic rings. The monoisotopic (exact) mass is 250 g/mol. The smallest absolute Gasteiger partial charge is 0.246 e. The van der Waals surface area contributed by atoms with Crippen LogP contribution in [-0.2, 0) is 14.3 Å². The van der Waals surface area contributed by atoms with Crippen molar-refractivity contribution in [1.82, 2.24) is 4.98 Å². The molecule has 96 valence electrons. The zero-order valence-corrected chi connectivity index (χ0v) is 9.92. The molecule has 0 aliphatic carbocycles. The van der Waals surface area contributed by atoms with E-state index in [1.54, 1.807) is 12.3 Å². The summed E-state index contributed by atoms with van der Waals surface area (Å²) in [5.74, 6) is -0.618. The molecule has 0 saturated heterocycles. The van der Waals surface area contributed by atoms with Crippen LogP contribution < -0.4 is 16.0 Å². The second-order valence-corrected chi connectivity index (χ2v) is 3.93. The maximum atomic E-state index is 12.1. The molecule has 3 N–H and O–H groups in total. The Bertz CT molecular complexity index is 477. The van der Waals surface area contributed by atoms with Crippen molar-refractivity contribution in [3.8, 4) is 0 Å². The highest BCUT2D eigenvalue weighted by Crippen LogP contribution is 2.28. The van der Waals surface area contributed by atoms with Gasteiger partial charge in [-0.3, -0.25) is 19.5 Å². The molecule has 18 heavy (non-hydrogen) atoms. The molecule has 1 aliphatic heterocycles. The van der Waals surface area contributed by atoms with Crippen LogP contribution >= 0.6 is 0 Å². The fraction of sp³-hybridized carbons (Fsp3) is 0.364. The lowest BCUT2D eigenvalue weighted by atomic mass is 10.2. The van der Waals surface area contributed by atoms with E-state index in [9.17, 15) is 9.59 Å². The number of amides is 2. The molecule has 2 heterocycles. The van der Waals surface area contributed by atoms with Gasteiger partial charge in [-0.2, -0.15) is 0 Å². The van der Waals surface area contributed by atoms with Crippen molar-refractivity contribution < 1.29 is 14.3 Å². The summed E-state index contributed by atoms with van der Waals surface area (Å²) in [5.41, 5.74) is 6.80. The number of ether oxygens (including phenoxy) is 1. The molecule has 0 fully saturated rings. The third-order valence-corrected chi connectivity index (χ3v) is 2.59. The van der Waals surface area contributed by atoms with Crippen molar-refractivity contribution in [2.45, 2.75) is 6.04 Å². The molecule has 1 atom stereocenters. The average molecular weight is 250 g/mol. The van der Waals surface area contributed by atoms with Crippen molar-refractivity contribution in [3.63, 3.8) is 0 Å². The SMILES string of the molecule is COCC(N)C(=O)N1CC(=O)Nc2cnccc21. The molecule has 1 aliphatic rings. The minimum absolute atomic E-state index is 0.0484. The van der Waals surface area contributed by atoms with Crippen LogP contribution in [0.4, 0.5) is 11.4 Å². The number of aromatic nitrogens is 1. The summed E-state index contributed by atoms with van der Waals surface area (Å²) < 4.78 is 4.84. The normalized spacial score (nSPS) is 15.9. The number of hydrogen-bond acceptors (Lipinski definition) is 5. The number of methoxy groups -OCH3 is 1. The molecule has 7 heteroatoms. The number of anilines is 2. The van der Waals surface area contributed by atoms with Crippen LogP contribution in [-0.4, -0.2) is 43.1 Å². The number of rotatable bonds is 3. The van der Waals surface area contributed by atoms with Gasteiger partial charge in [-0.15, -0.1) is 0 Å². The molecule has 0 bridgehead atoms. The van der Waals surface area contributed by atoms with Crippen molar-refractivity contribution in [2.24, 2.45) is 5.73 Å². The first-order valence-electron chi connectivity index (χ1n) is 5.43. The lowest BCUT2D eigenvalue weighted by Gasteiger charge is -2.30. The van der Waals surface area contributed by atoms with Gasteiger partial charge in [0, 0.05) is 13.3 Å². The molecule has 2 amide bonds. The molecule has 0 aromatic carbocycles. The molecular formula is C11H14N4O3. The Kier molecular flexibility index (Phi) is 3.54. The predicted molar refractivity (Wildman–Crippen MR) is 65.1 cm³/mol. The zero-order chi connectivity index (χ0) is 13.1. The van der Waals surface area contributed by atoms with Crippen molar-refractivity contribution in [1.29, 1.82) is 0 Å². The summed E-state index contributed by atoms with van der Waals surface area (Å²) in [6.45, 7) is 0.0601. The van der Waals surface area contributed by atoms with Crippen molar-refractivity contribution in [2.75, 3.05) is 30.5 Å². The van der Waals surface area contributed by atoms with Crippen LogP contribution in [0.2, 0.25) is 0 Å². The minimum atomic E-state index is -0.790. The van der Waals surface area contributed by atoms with E-state index in [4.69, 9.17) is 10.5 Å². The number of carbonyl (C=O) groups excluding carboxylic acids is 2. The first-order chi connectivity index (χ1) is 8.63. The van der Waals surface area contributed by atoms with Gasteiger partial charge < -0.3 is 15.8 Å². The molecule has 0 spiro atoms. The predicted octanol–water partition coefficient (Wildman–Crippen LogP) is -0.660. The summed E-state index contributed by atoms with van der Waals surface area (Å²) in [4.78, 5) is 28.9. The first-order valence-corrected chi connectivity index (χ1v) is 5.43. The highest BCUT2D eigenvalue weighted by atomic mass is 16.5. The van der Waals surface area contributed by atoms with E-state index in [1.165, 1.54) is 18.2 Å². The third-order valence-electron chi connectivity index (χ3n) is 2.59. The maximum Gasteiger partial charge on any atom is 0.246 e. The Morgan fingerprint density at radius 2 is 2.50 bits per heavy atom. The third kappa shape index (κ3) is 2.31. The molecular weight excluding hydrogens is 236 g/mol. The molecule has 0 radical (unpaired) electrons. The van der Waals surface area contributed by atoms with E-state index in [0.29, 0.717) is 11.4 Å². The van der Waals surface area contributed by atoms with Crippen LogP contribution in [0.15, 0.2) is 18.5 Å². The topological polar surface area (TPSA) is 97.5 Å². The summed E-state index contributed by atoms with van der Waals surface area (Å²) >= 11 is 0. The van der Waals surface area contributed by atoms with Gasteiger partial charge in [0.05, 0.1) is 24.2 Å². The Balaban J connectivity index is 2.28. The van der Waals surface area contributed by atoms with Gasteiger partial charge in [-0.05, 0) is 6.07 Å². The number of hydrogen-bond donors (Lipinski definition) is 2. The average Bonchev–Trinajstić information content (AvgIpc) is 2.37. The van der Waals surface area contributed by atoms with E-state index < -0.39 is 6.04 Å². The van der Waals surface area contributed by atoms with Crippen LogP contribution in [0.3, 0.4) is 0 Å².